The highest BCUT2D eigenvalue weighted by Gasteiger charge is 2.19. The first-order chi connectivity index (χ1) is 9.76. The molecule has 1 rings (SSSR count). The Kier molecular flexibility index (Phi) is 5.52. The molecule has 1 aromatic carbocycles. The molecule has 114 valence electrons. The molecule has 0 aliphatic rings. The van der Waals surface area contributed by atoms with E-state index in [-0.39, 0.29) is 5.56 Å². The molecule has 1 aromatic rings. The lowest BCUT2D eigenvalue weighted by atomic mass is 10.1. The van der Waals surface area contributed by atoms with Gasteiger partial charge in [-0.25, -0.2) is 9.59 Å². The number of hydrogen-bond acceptors (Lipinski definition) is 4. The number of rotatable bonds is 4. The second kappa shape index (κ2) is 6.92. The summed E-state index contributed by atoms with van der Waals surface area (Å²) in [5.41, 5.74) is 0.921. The van der Waals surface area contributed by atoms with Gasteiger partial charge in [0.1, 0.15) is 5.60 Å². The molecule has 0 heterocycles. The lowest BCUT2D eigenvalue weighted by Crippen LogP contribution is -2.27. The van der Waals surface area contributed by atoms with Gasteiger partial charge in [-0.15, -0.1) is 6.58 Å². The van der Waals surface area contributed by atoms with Gasteiger partial charge in [0.05, 0.1) is 18.4 Å². The molecular weight excluding hydrogens is 270 g/mol. The van der Waals surface area contributed by atoms with Crippen molar-refractivity contribution in [2.24, 2.45) is 0 Å². The van der Waals surface area contributed by atoms with Crippen LogP contribution in [0.5, 0.6) is 0 Å². The minimum Gasteiger partial charge on any atom is -0.465 e. The van der Waals surface area contributed by atoms with Crippen LogP contribution in [-0.4, -0.2) is 24.8 Å². The number of ether oxygens (including phenoxy) is 2. The van der Waals surface area contributed by atoms with Crippen LogP contribution in [0.3, 0.4) is 0 Å². The molecule has 0 radical (unpaired) electrons. The third kappa shape index (κ3) is 5.30. The number of esters is 1. The second-order valence-electron chi connectivity index (χ2n) is 5.49. The van der Waals surface area contributed by atoms with Crippen LogP contribution < -0.4 is 5.32 Å². The molecule has 0 bridgehead atoms. The van der Waals surface area contributed by atoms with Gasteiger partial charge in [0.2, 0.25) is 0 Å². The van der Waals surface area contributed by atoms with Crippen LogP contribution in [0.1, 0.15) is 36.7 Å². The number of allylic oxidation sites excluding steroid dienone is 1. The molecular formula is C16H21NO4. The quantitative estimate of drug-likeness (QED) is 0.680. The molecule has 0 atom stereocenters. The molecule has 0 aliphatic heterocycles. The fourth-order valence-electron chi connectivity index (χ4n) is 1.69. The van der Waals surface area contributed by atoms with E-state index in [1.807, 2.05) is 0 Å². The lowest BCUT2D eigenvalue weighted by Gasteiger charge is -2.20. The van der Waals surface area contributed by atoms with Crippen molar-refractivity contribution in [3.8, 4) is 0 Å². The Morgan fingerprint density at radius 1 is 1.33 bits per heavy atom. The van der Waals surface area contributed by atoms with Gasteiger partial charge in [0.25, 0.3) is 0 Å². The number of nitrogens with one attached hydrogen (secondary N) is 1. The highest BCUT2D eigenvalue weighted by molar-refractivity contribution is 5.99. The molecule has 0 aliphatic carbocycles. The van der Waals surface area contributed by atoms with E-state index >= 15 is 0 Å². The largest absolute Gasteiger partial charge is 0.465 e. The zero-order valence-electron chi connectivity index (χ0n) is 12.9. The van der Waals surface area contributed by atoms with Crippen LogP contribution in [0.4, 0.5) is 10.5 Å². The monoisotopic (exact) mass is 291 g/mol. The van der Waals surface area contributed by atoms with E-state index in [0.717, 1.165) is 5.56 Å². The number of carbonyl (C=O) groups excluding carboxylic acids is 2. The summed E-state index contributed by atoms with van der Waals surface area (Å²) in [7, 11) is 1.29. The van der Waals surface area contributed by atoms with Gasteiger partial charge in [-0.3, -0.25) is 5.32 Å². The molecule has 21 heavy (non-hydrogen) atoms. The SMILES string of the molecule is C=CCc1ccc(NC(=O)OC(C)(C)C)c(C(=O)OC)c1. The van der Waals surface area contributed by atoms with Crippen molar-refractivity contribution in [1.82, 2.24) is 0 Å². The Morgan fingerprint density at radius 2 is 2.00 bits per heavy atom. The summed E-state index contributed by atoms with van der Waals surface area (Å²) in [6.45, 7) is 8.95. The third-order valence-electron chi connectivity index (χ3n) is 2.50. The van der Waals surface area contributed by atoms with Gasteiger partial charge < -0.3 is 9.47 Å². The van der Waals surface area contributed by atoms with Crippen LogP contribution in [0, 0.1) is 0 Å². The van der Waals surface area contributed by atoms with E-state index in [4.69, 9.17) is 9.47 Å². The van der Waals surface area contributed by atoms with E-state index in [2.05, 4.69) is 11.9 Å². The first kappa shape index (κ1) is 16.8. The van der Waals surface area contributed by atoms with E-state index in [0.29, 0.717) is 12.1 Å². The summed E-state index contributed by atoms with van der Waals surface area (Å²) in [4.78, 5) is 23.6. The Morgan fingerprint density at radius 3 is 2.52 bits per heavy atom. The second-order valence-corrected chi connectivity index (χ2v) is 5.49. The van der Waals surface area contributed by atoms with Crippen LogP contribution in [-0.2, 0) is 15.9 Å². The maximum Gasteiger partial charge on any atom is 0.412 e. The smallest absolute Gasteiger partial charge is 0.412 e. The molecule has 1 N–H and O–H groups in total. The predicted octanol–water partition coefficient (Wildman–Crippen LogP) is 3.55. The standard InChI is InChI=1S/C16H21NO4/c1-6-7-11-8-9-13(12(10-11)14(18)20-5)17-15(19)21-16(2,3)4/h6,8-10H,1,7H2,2-5H3,(H,17,19). The van der Waals surface area contributed by atoms with Crippen molar-refractivity contribution in [3.05, 3.63) is 42.0 Å². The zero-order valence-corrected chi connectivity index (χ0v) is 12.9. The number of anilines is 1. The molecule has 1 amide bonds. The fraction of sp³-hybridized carbons (Fsp3) is 0.375. The molecule has 5 nitrogen and oxygen atoms in total. The Hall–Kier alpha value is -2.30. The number of hydrogen-bond donors (Lipinski definition) is 1. The van der Waals surface area contributed by atoms with Gasteiger partial charge in [-0.1, -0.05) is 12.1 Å². The van der Waals surface area contributed by atoms with E-state index in [1.165, 1.54) is 7.11 Å². The van der Waals surface area contributed by atoms with Crippen molar-refractivity contribution in [3.63, 3.8) is 0 Å². The van der Waals surface area contributed by atoms with E-state index in [1.54, 1.807) is 45.0 Å². The van der Waals surface area contributed by atoms with Crippen LogP contribution in [0.2, 0.25) is 0 Å². The maximum absolute atomic E-state index is 11.8. The summed E-state index contributed by atoms with van der Waals surface area (Å²) in [5, 5.41) is 2.56. The van der Waals surface area contributed by atoms with Crippen molar-refractivity contribution in [2.45, 2.75) is 32.8 Å². The van der Waals surface area contributed by atoms with Crippen LogP contribution in [0.25, 0.3) is 0 Å². The highest BCUT2D eigenvalue weighted by Crippen LogP contribution is 2.20. The molecule has 0 spiro atoms. The normalized spacial score (nSPS) is 10.7. The minimum absolute atomic E-state index is 0.280. The summed E-state index contributed by atoms with van der Waals surface area (Å²) < 4.78 is 9.91. The number of methoxy groups -OCH3 is 1. The average Bonchev–Trinajstić information content (AvgIpc) is 2.37. The molecule has 0 unspecified atom stereocenters. The highest BCUT2D eigenvalue weighted by atomic mass is 16.6. The minimum atomic E-state index is -0.621. The predicted molar refractivity (Wildman–Crippen MR) is 81.5 cm³/mol. The summed E-state index contributed by atoms with van der Waals surface area (Å²) >= 11 is 0. The van der Waals surface area contributed by atoms with Crippen molar-refractivity contribution in [2.75, 3.05) is 12.4 Å². The van der Waals surface area contributed by atoms with Crippen LogP contribution in [0.15, 0.2) is 30.9 Å². The third-order valence-corrected chi connectivity index (χ3v) is 2.50. The Bertz CT molecular complexity index is 544. The van der Waals surface area contributed by atoms with Crippen molar-refractivity contribution < 1.29 is 19.1 Å². The summed E-state index contributed by atoms with van der Waals surface area (Å²) in [5.74, 6) is -0.521. The number of amides is 1. The van der Waals surface area contributed by atoms with Gasteiger partial charge in [-0.05, 0) is 44.9 Å². The molecule has 5 heteroatoms. The van der Waals surface area contributed by atoms with Crippen molar-refractivity contribution in [1.29, 1.82) is 0 Å². The Balaban J connectivity index is 3.02. The van der Waals surface area contributed by atoms with Gasteiger partial charge in [-0.2, -0.15) is 0 Å². The number of carbonyl (C=O) groups is 2. The molecule has 0 fully saturated rings. The summed E-state index contributed by atoms with van der Waals surface area (Å²) in [6, 6.07) is 5.12. The maximum atomic E-state index is 11.8. The first-order valence-electron chi connectivity index (χ1n) is 6.59. The zero-order chi connectivity index (χ0) is 16.0. The van der Waals surface area contributed by atoms with E-state index in [9.17, 15) is 9.59 Å². The molecule has 0 saturated heterocycles. The first-order valence-corrected chi connectivity index (χ1v) is 6.59. The molecule has 0 saturated carbocycles. The topological polar surface area (TPSA) is 64.6 Å². The van der Waals surface area contributed by atoms with Crippen molar-refractivity contribution >= 4 is 17.7 Å². The van der Waals surface area contributed by atoms with Crippen LogP contribution >= 0.6 is 0 Å². The molecule has 0 aromatic heterocycles. The van der Waals surface area contributed by atoms with Gasteiger partial charge in [0, 0.05) is 0 Å². The van der Waals surface area contributed by atoms with Gasteiger partial charge in [0.15, 0.2) is 0 Å². The summed E-state index contributed by atoms with van der Waals surface area (Å²) in [6.07, 6.45) is 1.73. The Labute approximate surface area is 124 Å². The number of benzene rings is 1. The van der Waals surface area contributed by atoms with Gasteiger partial charge >= 0.3 is 12.1 Å². The van der Waals surface area contributed by atoms with E-state index < -0.39 is 17.7 Å². The lowest BCUT2D eigenvalue weighted by molar-refractivity contribution is 0.0601. The average molecular weight is 291 g/mol. The fourth-order valence-corrected chi connectivity index (χ4v) is 1.69.